The first-order valence-corrected chi connectivity index (χ1v) is 10.9. The number of amides is 1. The maximum atomic E-state index is 12.7. The van der Waals surface area contributed by atoms with E-state index in [0.29, 0.717) is 22.9 Å². The Morgan fingerprint density at radius 1 is 1.08 bits per heavy atom. The molecule has 0 spiro atoms. The van der Waals surface area contributed by atoms with E-state index in [4.69, 9.17) is 14.0 Å². The summed E-state index contributed by atoms with van der Waals surface area (Å²) in [6, 6.07) is 12.1. The standard InChI is InChI=1S/C24H24N6O6/c1-14-5-7-15(8-6-14)30-24(33)29(2)23(32)21(27-30)22-26-20(36-28-22)12-11-19(31)25-17-13-16(34-3)9-10-18(17)35-4/h5-10,13H,11-12H2,1-4H3,(H,25,31). The number of aryl methyl sites for hydroxylation is 2. The van der Waals surface area contributed by atoms with Crippen LogP contribution in [0, 0.1) is 6.92 Å². The van der Waals surface area contributed by atoms with Gasteiger partial charge in [0.25, 0.3) is 5.56 Å². The van der Waals surface area contributed by atoms with Crippen LogP contribution in [-0.2, 0) is 18.3 Å². The topological polar surface area (TPSA) is 143 Å². The van der Waals surface area contributed by atoms with Gasteiger partial charge in [0.1, 0.15) is 11.5 Å². The Morgan fingerprint density at radius 3 is 2.53 bits per heavy atom. The Labute approximate surface area is 205 Å². The number of carbonyl (C=O) groups excluding carboxylic acids is 1. The molecule has 12 nitrogen and oxygen atoms in total. The molecular formula is C24H24N6O6. The zero-order chi connectivity index (χ0) is 25.8. The molecule has 0 saturated heterocycles. The van der Waals surface area contributed by atoms with Gasteiger partial charge in [-0.2, -0.15) is 14.8 Å². The monoisotopic (exact) mass is 492 g/mol. The van der Waals surface area contributed by atoms with Crippen molar-refractivity contribution in [1.82, 2.24) is 24.5 Å². The molecule has 186 valence electrons. The zero-order valence-corrected chi connectivity index (χ0v) is 20.1. The molecule has 0 unspecified atom stereocenters. The highest BCUT2D eigenvalue weighted by Crippen LogP contribution is 2.29. The van der Waals surface area contributed by atoms with E-state index < -0.39 is 11.2 Å². The predicted octanol–water partition coefficient (Wildman–Crippen LogP) is 1.88. The van der Waals surface area contributed by atoms with Crippen LogP contribution in [0.3, 0.4) is 0 Å². The highest BCUT2D eigenvalue weighted by molar-refractivity contribution is 5.92. The molecule has 0 aliphatic carbocycles. The molecule has 0 radical (unpaired) electrons. The number of anilines is 1. The van der Waals surface area contributed by atoms with Gasteiger partial charge in [-0.3, -0.25) is 14.2 Å². The van der Waals surface area contributed by atoms with E-state index in [9.17, 15) is 14.4 Å². The summed E-state index contributed by atoms with van der Waals surface area (Å²) >= 11 is 0. The van der Waals surface area contributed by atoms with Crippen LogP contribution in [0.5, 0.6) is 11.5 Å². The van der Waals surface area contributed by atoms with Crippen LogP contribution in [0.2, 0.25) is 0 Å². The lowest BCUT2D eigenvalue weighted by atomic mass is 10.2. The van der Waals surface area contributed by atoms with E-state index in [1.807, 2.05) is 19.1 Å². The van der Waals surface area contributed by atoms with Crippen LogP contribution in [0.1, 0.15) is 17.9 Å². The molecule has 4 aromatic rings. The Bertz CT molecular complexity index is 1520. The first-order chi connectivity index (χ1) is 17.3. The van der Waals surface area contributed by atoms with Crippen molar-refractivity contribution in [2.24, 2.45) is 7.05 Å². The minimum atomic E-state index is -0.668. The van der Waals surface area contributed by atoms with Crippen molar-refractivity contribution >= 4 is 11.6 Å². The number of nitrogens with zero attached hydrogens (tertiary/aromatic N) is 5. The van der Waals surface area contributed by atoms with Gasteiger partial charge in [0.15, 0.2) is 5.69 Å². The summed E-state index contributed by atoms with van der Waals surface area (Å²) in [5.74, 6) is 0.780. The Morgan fingerprint density at radius 2 is 1.83 bits per heavy atom. The molecule has 1 amide bonds. The van der Waals surface area contributed by atoms with Crippen LogP contribution in [0.4, 0.5) is 5.69 Å². The van der Waals surface area contributed by atoms with Crippen LogP contribution in [0.25, 0.3) is 17.2 Å². The number of methoxy groups -OCH3 is 2. The minimum absolute atomic E-state index is 0.0241. The second kappa shape index (κ2) is 10.3. The van der Waals surface area contributed by atoms with Gasteiger partial charge in [0, 0.05) is 26.0 Å². The molecule has 2 heterocycles. The second-order valence-electron chi connectivity index (χ2n) is 7.87. The van der Waals surface area contributed by atoms with Crippen LogP contribution in [-0.4, -0.2) is 44.6 Å². The van der Waals surface area contributed by atoms with E-state index in [2.05, 4.69) is 20.6 Å². The summed E-state index contributed by atoms with van der Waals surface area (Å²) in [6.07, 6.45) is 0.138. The number of rotatable bonds is 8. The predicted molar refractivity (Wildman–Crippen MR) is 130 cm³/mol. The van der Waals surface area contributed by atoms with Crippen molar-refractivity contribution in [2.45, 2.75) is 19.8 Å². The molecule has 0 atom stereocenters. The molecule has 0 bridgehead atoms. The van der Waals surface area contributed by atoms with Gasteiger partial charge in [0.2, 0.25) is 17.6 Å². The number of carbonyl (C=O) groups is 1. The van der Waals surface area contributed by atoms with Gasteiger partial charge < -0.3 is 19.3 Å². The first-order valence-electron chi connectivity index (χ1n) is 10.9. The third-order valence-corrected chi connectivity index (χ3v) is 5.38. The maximum absolute atomic E-state index is 12.7. The van der Waals surface area contributed by atoms with Crippen LogP contribution >= 0.6 is 0 Å². The molecule has 0 aliphatic rings. The summed E-state index contributed by atoms with van der Waals surface area (Å²) in [5.41, 5.74) is 0.515. The highest BCUT2D eigenvalue weighted by Gasteiger charge is 2.19. The van der Waals surface area contributed by atoms with Crippen molar-refractivity contribution in [1.29, 1.82) is 0 Å². The minimum Gasteiger partial charge on any atom is -0.497 e. The average molecular weight is 492 g/mol. The van der Waals surface area contributed by atoms with E-state index in [1.165, 1.54) is 21.3 Å². The third kappa shape index (κ3) is 5.02. The smallest absolute Gasteiger partial charge is 0.351 e. The summed E-state index contributed by atoms with van der Waals surface area (Å²) in [4.78, 5) is 42.0. The molecular weight excluding hydrogens is 468 g/mol. The Kier molecular flexibility index (Phi) is 6.95. The van der Waals surface area contributed by atoms with Crippen LogP contribution in [0.15, 0.2) is 56.6 Å². The number of nitrogens with one attached hydrogen (secondary N) is 1. The lowest BCUT2D eigenvalue weighted by Gasteiger charge is -2.11. The highest BCUT2D eigenvalue weighted by atomic mass is 16.5. The maximum Gasteiger partial charge on any atom is 0.351 e. The van der Waals surface area contributed by atoms with Gasteiger partial charge in [-0.15, -0.1) is 0 Å². The number of aromatic nitrogens is 5. The Balaban J connectivity index is 1.52. The van der Waals surface area contributed by atoms with Crippen molar-refractivity contribution in [3.05, 3.63) is 74.8 Å². The fraction of sp³-hybridized carbons (Fsp3) is 0.250. The average Bonchev–Trinajstić information content (AvgIpc) is 3.35. The lowest BCUT2D eigenvalue weighted by molar-refractivity contribution is -0.116. The summed E-state index contributed by atoms with van der Waals surface area (Å²) in [5, 5.41) is 10.8. The SMILES string of the molecule is COc1ccc(OC)c(NC(=O)CCc2nc(-c3nn(-c4ccc(C)cc4)c(=O)n(C)c3=O)no2)c1. The molecule has 12 heteroatoms. The number of benzene rings is 2. The summed E-state index contributed by atoms with van der Waals surface area (Å²) < 4.78 is 17.7. The van der Waals surface area contributed by atoms with Crippen molar-refractivity contribution < 1.29 is 18.8 Å². The summed E-state index contributed by atoms with van der Waals surface area (Å²) in [6.45, 7) is 1.92. The molecule has 1 N–H and O–H groups in total. The fourth-order valence-electron chi connectivity index (χ4n) is 3.37. The largest absolute Gasteiger partial charge is 0.497 e. The molecule has 0 saturated carbocycles. The molecule has 36 heavy (non-hydrogen) atoms. The number of ether oxygens (including phenoxy) is 2. The zero-order valence-electron chi connectivity index (χ0n) is 20.1. The quantitative estimate of drug-likeness (QED) is 0.390. The van der Waals surface area contributed by atoms with Gasteiger partial charge in [-0.25, -0.2) is 4.79 Å². The van der Waals surface area contributed by atoms with Crippen molar-refractivity contribution in [3.8, 4) is 28.7 Å². The Hall–Kier alpha value is -4.74. The number of hydrogen-bond donors (Lipinski definition) is 1. The fourth-order valence-corrected chi connectivity index (χ4v) is 3.37. The molecule has 2 aromatic carbocycles. The van der Waals surface area contributed by atoms with Gasteiger partial charge >= 0.3 is 5.69 Å². The van der Waals surface area contributed by atoms with Crippen molar-refractivity contribution in [3.63, 3.8) is 0 Å². The molecule has 0 aliphatic heterocycles. The number of hydrogen-bond acceptors (Lipinski definition) is 9. The van der Waals surface area contributed by atoms with Gasteiger partial charge in [-0.05, 0) is 31.2 Å². The van der Waals surface area contributed by atoms with E-state index in [-0.39, 0.29) is 36.2 Å². The molecule has 4 rings (SSSR count). The van der Waals surface area contributed by atoms with Crippen LogP contribution < -0.4 is 26.0 Å². The van der Waals surface area contributed by atoms with Crippen molar-refractivity contribution in [2.75, 3.05) is 19.5 Å². The summed E-state index contributed by atoms with van der Waals surface area (Å²) in [7, 11) is 4.37. The van der Waals surface area contributed by atoms with Gasteiger partial charge in [-0.1, -0.05) is 22.9 Å². The molecule has 0 fully saturated rings. The lowest BCUT2D eigenvalue weighted by Crippen LogP contribution is -2.40. The first kappa shape index (κ1) is 24.4. The molecule has 2 aromatic heterocycles. The third-order valence-electron chi connectivity index (χ3n) is 5.38. The second-order valence-corrected chi connectivity index (χ2v) is 7.87. The van der Waals surface area contributed by atoms with E-state index >= 15 is 0 Å². The van der Waals surface area contributed by atoms with Gasteiger partial charge in [0.05, 0.1) is 25.6 Å². The van der Waals surface area contributed by atoms with E-state index in [0.717, 1.165) is 14.8 Å². The normalized spacial score (nSPS) is 10.8. The van der Waals surface area contributed by atoms with E-state index in [1.54, 1.807) is 30.3 Å².